The molecule has 0 amide bonds. The zero-order valence-electron chi connectivity index (χ0n) is 9.54. The summed E-state index contributed by atoms with van der Waals surface area (Å²) in [4.78, 5) is 0. The predicted octanol–water partition coefficient (Wildman–Crippen LogP) is 4.95. The Morgan fingerprint density at radius 1 is 1.22 bits per heavy atom. The second-order valence-corrected chi connectivity index (χ2v) is 6.55. The largest absolute Gasteiger partial charge is 0.324 e. The van der Waals surface area contributed by atoms with Gasteiger partial charge < -0.3 is 5.73 Å². The van der Waals surface area contributed by atoms with Crippen LogP contribution < -0.4 is 5.73 Å². The summed E-state index contributed by atoms with van der Waals surface area (Å²) < 4.78 is 2.22. The summed E-state index contributed by atoms with van der Waals surface area (Å²) in [6.07, 6.45) is 0.742. The Hall–Kier alpha value is -0.100. The molecule has 0 bridgehead atoms. The van der Waals surface area contributed by atoms with Gasteiger partial charge in [0.05, 0.1) is 0 Å². The first-order chi connectivity index (χ1) is 8.58. The van der Waals surface area contributed by atoms with Crippen LogP contribution in [0.25, 0.3) is 0 Å². The molecule has 18 heavy (non-hydrogen) atoms. The van der Waals surface area contributed by atoms with Crippen molar-refractivity contribution in [1.82, 2.24) is 0 Å². The van der Waals surface area contributed by atoms with Crippen molar-refractivity contribution in [3.05, 3.63) is 66.7 Å². The van der Waals surface area contributed by atoms with E-state index in [1.165, 1.54) is 3.57 Å². The van der Waals surface area contributed by atoms with E-state index in [4.69, 9.17) is 17.3 Å². The van der Waals surface area contributed by atoms with Gasteiger partial charge in [0, 0.05) is 19.1 Å². The number of halogens is 3. The number of benzene rings is 2. The van der Waals surface area contributed by atoms with Gasteiger partial charge in [-0.1, -0.05) is 45.7 Å². The topological polar surface area (TPSA) is 26.0 Å². The summed E-state index contributed by atoms with van der Waals surface area (Å²) in [5, 5.41) is 0.776. The van der Waals surface area contributed by atoms with Crippen LogP contribution in [0.4, 0.5) is 0 Å². The summed E-state index contributed by atoms with van der Waals surface area (Å²) >= 11 is 11.9. The number of hydrogen-bond donors (Lipinski definition) is 1. The van der Waals surface area contributed by atoms with Crippen molar-refractivity contribution in [2.24, 2.45) is 5.73 Å². The van der Waals surface area contributed by atoms with E-state index in [1.807, 2.05) is 30.3 Å². The lowest BCUT2D eigenvalue weighted by molar-refractivity contribution is 0.717. The highest BCUT2D eigenvalue weighted by atomic mass is 127. The molecular weight excluding hydrogens is 424 g/mol. The number of hydrogen-bond acceptors (Lipinski definition) is 1. The van der Waals surface area contributed by atoms with Gasteiger partial charge in [0.1, 0.15) is 0 Å². The van der Waals surface area contributed by atoms with Crippen molar-refractivity contribution in [3.63, 3.8) is 0 Å². The van der Waals surface area contributed by atoms with Gasteiger partial charge in [0.15, 0.2) is 0 Å². The third-order valence-electron chi connectivity index (χ3n) is 2.76. The fourth-order valence-corrected chi connectivity index (χ4v) is 3.14. The van der Waals surface area contributed by atoms with E-state index < -0.39 is 0 Å². The standard InChI is InChI=1S/C14H12BrClIN/c15-10-5-6-13(17)11(8-10)14(18)7-9-3-1-2-4-12(9)16/h1-6,8,14H,7,18H2. The molecule has 1 nitrogen and oxygen atoms in total. The van der Waals surface area contributed by atoms with E-state index in [1.54, 1.807) is 0 Å². The number of rotatable bonds is 3. The fraction of sp³-hybridized carbons (Fsp3) is 0.143. The maximum Gasteiger partial charge on any atom is 0.0438 e. The van der Waals surface area contributed by atoms with Crippen molar-refractivity contribution in [1.29, 1.82) is 0 Å². The Morgan fingerprint density at radius 2 is 1.94 bits per heavy atom. The highest BCUT2D eigenvalue weighted by molar-refractivity contribution is 14.1. The van der Waals surface area contributed by atoms with Gasteiger partial charge in [-0.3, -0.25) is 0 Å². The van der Waals surface area contributed by atoms with Crippen LogP contribution in [-0.4, -0.2) is 0 Å². The summed E-state index contributed by atoms with van der Waals surface area (Å²) in [5.41, 5.74) is 8.51. The maximum absolute atomic E-state index is 6.28. The normalized spacial score (nSPS) is 12.4. The smallest absolute Gasteiger partial charge is 0.0438 e. The molecule has 0 aliphatic rings. The van der Waals surface area contributed by atoms with Crippen molar-refractivity contribution >= 4 is 50.1 Å². The molecule has 1 atom stereocenters. The van der Waals surface area contributed by atoms with Gasteiger partial charge in [-0.2, -0.15) is 0 Å². The van der Waals surface area contributed by atoms with E-state index in [9.17, 15) is 0 Å². The highest BCUT2D eigenvalue weighted by Crippen LogP contribution is 2.27. The lowest BCUT2D eigenvalue weighted by Gasteiger charge is -2.15. The van der Waals surface area contributed by atoms with Crippen molar-refractivity contribution < 1.29 is 0 Å². The number of nitrogens with two attached hydrogens (primary N) is 1. The summed E-state index contributed by atoms with van der Waals surface area (Å²) in [5.74, 6) is 0. The molecular formula is C14H12BrClIN. The van der Waals surface area contributed by atoms with Crippen LogP contribution in [0.3, 0.4) is 0 Å². The molecule has 0 heterocycles. The molecule has 0 saturated carbocycles. The molecule has 2 aromatic rings. The van der Waals surface area contributed by atoms with E-state index in [0.29, 0.717) is 0 Å². The van der Waals surface area contributed by atoms with Gasteiger partial charge in [-0.25, -0.2) is 0 Å². The molecule has 0 radical (unpaired) electrons. The molecule has 1 unspecified atom stereocenters. The van der Waals surface area contributed by atoms with Crippen molar-refractivity contribution in [2.75, 3.05) is 0 Å². The van der Waals surface area contributed by atoms with Crippen LogP contribution in [0.1, 0.15) is 17.2 Å². The zero-order valence-corrected chi connectivity index (χ0v) is 14.0. The van der Waals surface area contributed by atoms with Gasteiger partial charge >= 0.3 is 0 Å². The molecule has 94 valence electrons. The van der Waals surface area contributed by atoms with Gasteiger partial charge in [0.2, 0.25) is 0 Å². The van der Waals surface area contributed by atoms with Crippen LogP contribution in [0.15, 0.2) is 46.9 Å². The molecule has 0 aliphatic carbocycles. The molecule has 0 saturated heterocycles. The van der Waals surface area contributed by atoms with Crippen LogP contribution >= 0.6 is 50.1 Å². The Morgan fingerprint density at radius 3 is 2.67 bits per heavy atom. The van der Waals surface area contributed by atoms with Crippen LogP contribution in [-0.2, 0) is 6.42 Å². The molecule has 4 heteroatoms. The minimum Gasteiger partial charge on any atom is -0.324 e. The Kier molecular flexibility index (Phi) is 5.06. The summed E-state index contributed by atoms with van der Waals surface area (Å²) in [7, 11) is 0. The summed E-state index contributed by atoms with van der Waals surface area (Å²) in [6, 6.07) is 13.9. The zero-order chi connectivity index (χ0) is 13.1. The van der Waals surface area contributed by atoms with E-state index >= 15 is 0 Å². The molecule has 0 aliphatic heterocycles. The lowest BCUT2D eigenvalue weighted by atomic mass is 10.00. The average Bonchev–Trinajstić information content (AvgIpc) is 2.35. The maximum atomic E-state index is 6.28. The van der Waals surface area contributed by atoms with E-state index in [2.05, 4.69) is 50.7 Å². The molecule has 2 aromatic carbocycles. The molecule has 2 rings (SSSR count). The second kappa shape index (κ2) is 6.37. The van der Waals surface area contributed by atoms with Gasteiger partial charge in [0.25, 0.3) is 0 Å². The quantitative estimate of drug-likeness (QED) is 0.677. The first-order valence-electron chi connectivity index (χ1n) is 5.52. The summed E-state index contributed by atoms with van der Waals surface area (Å²) in [6.45, 7) is 0. The van der Waals surface area contributed by atoms with Crippen molar-refractivity contribution in [2.45, 2.75) is 12.5 Å². The van der Waals surface area contributed by atoms with Crippen LogP contribution in [0, 0.1) is 3.57 Å². The Labute approximate surface area is 134 Å². The SMILES string of the molecule is NC(Cc1ccccc1Cl)c1cc(Br)ccc1I. The van der Waals surface area contributed by atoms with Crippen molar-refractivity contribution in [3.8, 4) is 0 Å². The lowest BCUT2D eigenvalue weighted by Crippen LogP contribution is -2.15. The molecule has 0 fully saturated rings. The average molecular weight is 437 g/mol. The monoisotopic (exact) mass is 435 g/mol. The highest BCUT2D eigenvalue weighted by Gasteiger charge is 2.12. The second-order valence-electron chi connectivity index (χ2n) is 4.07. The predicted molar refractivity (Wildman–Crippen MR) is 88.9 cm³/mol. The molecule has 0 aromatic heterocycles. The Bertz CT molecular complexity index is 559. The third-order valence-corrected chi connectivity index (χ3v) is 4.60. The van der Waals surface area contributed by atoms with E-state index in [0.717, 1.165) is 27.0 Å². The first-order valence-corrected chi connectivity index (χ1v) is 7.77. The minimum atomic E-state index is -0.0469. The molecule has 2 N–H and O–H groups in total. The van der Waals surface area contributed by atoms with Gasteiger partial charge in [-0.15, -0.1) is 0 Å². The molecule has 0 spiro atoms. The fourth-order valence-electron chi connectivity index (χ4n) is 1.81. The minimum absolute atomic E-state index is 0.0469. The van der Waals surface area contributed by atoms with E-state index in [-0.39, 0.29) is 6.04 Å². The van der Waals surface area contributed by atoms with Crippen LogP contribution in [0.2, 0.25) is 5.02 Å². The van der Waals surface area contributed by atoms with Gasteiger partial charge in [-0.05, 0) is 64.4 Å². The third kappa shape index (κ3) is 3.47. The Balaban J connectivity index is 2.25. The van der Waals surface area contributed by atoms with Crippen LogP contribution in [0.5, 0.6) is 0 Å². The first kappa shape index (κ1) is 14.3.